The standard InChI is InChI=1S/C13H13ClN4O2/c1-17(8-9-5-3-2-4-6-9)11-10(14)7-16-13(15)12(11)18(19)20/h2-7H,8H2,1H3,(H2,15,16). The van der Waals surface area contributed by atoms with Gasteiger partial charge in [0.2, 0.25) is 5.82 Å². The first kappa shape index (κ1) is 14.1. The molecule has 0 fully saturated rings. The second-order valence-electron chi connectivity index (χ2n) is 4.29. The van der Waals surface area contributed by atoms with Crippen LogP contribution in [0.5, 0.6) is 0 Å². The molecule has 104 valence electrons. The molecule has 0 amide bonds. The van der Waals surface area contributed by atoms with Crippen molar-refractivity contribution in [1.82, 2.24) is 4.98 Å². The smallest absolute Gasteiger partial charge is 0.335 e. The van der Waals surface area contributed by atoms with E-state index in [1.807, 2.05) is 30.3 Å². The number of halogens is 1. The minimum atomic E-state index is -0.564. The molecule has 0 aliphatic carbocycles. The van der Waals surface area contributed by atoms with Crippen molar-refractivity contribution in [3.05, 3.63) is 57.2 Å². The van der Waals surface area contributed by atoms with Gasteiger partial charge in [0.25, 0.3) is 0 Å². The third-order valence-corrected chi connectivity index (χ3v) is 3.11. The third-order valence-electron chi connectivity index (χ3n) is 2.84. The van der Waals surface area contributed by atoms with Crippen molar-refractivity contribution in [2.75, 3.05) is 17.7 Å². The minimum absolute atomic E-state index is 0.144. The Morgan fingerprint density at radius 2 is 2.05 bits per heavy atom. The van der Waals surface area contributed by atoms with Crippen LogP contribution in [-0.4, -0.2) is 17.0 Å². The Balaban J connectivity index is 2.41. The largest absolute Gasteiger partial charge is 0.378 e. The molecule has 2 N–H and O–H groups in total. The molecule has 0 atom stereocenters. The zero-order valence-electron chi connectivity index (χ0n) is 10.8. The van der Waals surface area contributed by atoms with Gasteiger partial charge in [0, 0.05) is 13.6 Å². The number of anilines is 2. The molecule has 1 aromatic carbocycles. The molecule has 0 aliphatic rings. The monoisotopic (exact) mass is 292 g/mol. The zero-order valence-corrected chi connectivity index (χ0v) is 11.5. The molecule has 1 aromatic heterocycles. The van der Waals surface area contributed by atoms with Crippen molar-refractivity contribution < 1.29 is 4.92 Å². The molecule has 7 heteroatoms. The summed E-state index contributed by atoms with van der Waals surface area (Å²) >= 11 is 6.04. The van der Waals surface area contributed by atoms with Gasteiger partial charge in [-0.25, -0.2) is 4.98 Å². The van der Waals surface area contributed by atoms with Gasteiger partial charge in [-0.3, -0.25) is 10.1 Å². The lowest BCUT2D eigenvalue weighted by atomic mass is 10.2. The summed E-state index contributed by atoms with van der Waals surface area (Å²) in [6.07, 6.45) is 1.32. The molecular weight excluding hydrogens is 280 g/mol. The van der Waals surface area contributed by atoms with Gasteiger partial charge in [0.1, 0.15) is 5.69 Å². The molecule has 0 unspecified atom stereocenters. The van der Waals surface area contributed by atoms with Crippen LogP contribution in [0.2, 0.25) is 5.02 Å². The maximum Gasteiger partial charge on any atom is 0.335 e. The van der Waals surface area contributed by atoms with E-state index in [1.54, 1.807) is 11.9 Å². The van der Waals surface area contributed by atoms with Crippen molar-refractivity contribution in [1.29, 1.82) is 0 Å². The van der Waals surface area contributed by atoms with E-state index in [0.717, 1.165) is 5.56 Å². The van der Waals surface area contributed by atoms with Crippen LogP contribution in [0.25, 0.3) is 0 Å². The van der Waals surface area contributed by atoms with E-state index in [1.165, 1.54) is 6.20 Å². The number of hydrogen-bond acceptors (Lipinski definition) is 5. The molecule has 1 heterocycles. The zero-order chi connectivity index (χ0) is 14.7. The molecule has 20 heavy (non-hydrogen) atoms. The highest BCUT2D eigenvalue weighted by Gasteiger charge is 2.25. The summed E-state index contributed by atoms with van der Waals surface area (Å²) in [5.41, 5.74) is 6.60. The van der Waals surface area contributed by atoms with E-state index in [4.69, 9.17) is 17.3 Å². The van der Waals surface area contributed by atoms with Gasteiger partial charge in [0.05, 0.1) is 16.1 Å². The Hall–Kier alpha value is -2.34. The van der Waals surface area contributed by atoms with Gasteiger partial charge in [-0.05, 0) is 5.56 Å². The Kier molecular flexibility index (Phi) is 4.05. The number of nitrogens with two attached hydrogens (primary N) is 1. The van der Waals surface area contributed by atoms with E-state index in [2.05, 4.69) is 4.98 Å². The van der Waals surface area contributed by atoms with Crippen LogP contribution in [0.15, 0.2) is 36.5 Å². The molecule has 2 aromatic rings. The van der Waals surface area contributed by atoms with Crippen LogP contribution in [0.3, 0.4) is 0 Å². The first-order chi connectivity index (χ1) is 9.50. The molecule has 0 aliphatic heterocycles. The maximum atomic E-state index is 11.2. The molecule has 0 spiro atoms. The van der Waals surface area contributed by atoms with E-state index in [9.17, 15) is 10.1 Å². The van der Waals surface area contributed by atoms with E-state index >= 15 is 0 Å². The second-order valence-corrected chi connectivity index (χ2v) is 4.69. The predicted molar refractivity (Wildman–Crippen MR) is 78.9 cm³/mol. The fourth-order valence-corrected chi connectivity index (χ4v) is 2.24. The lowest BCUT2D eigenvalue weighted by molar-refractivity contribution is -0.383. The Morgan fingerprint density at radius 1 is 1.40 bits per heavy atom. The van der Waals surface area contributed by atoms with Gasteiger partial charge in [-0.1, -0.05) is 41.9 Å². The quantitative estimate of drug-likeness (QED) is 0.692. The number of nitro groups is 1. The molecule has 2 rings (SSSR count). The van der Waals surface area contributed by atoms with Crippen molar-refractivity contribution in [3.8, 4) is 0 Å². The minimum Gasteiger partial charge on any atom is -0.378 e. The van der Waals surface area contributed by atoms with Crippen LogP contribution in [-0.2, 0) is 6.54 Å². The highest BCUT2D eigenvalue weighted by molar-refractivity contribution is 6.33. The van der Waals surface area contributed by atoms with Gasteiger partial charge < -0.3 is 10.6 Å². The number of benzene rings is 1. The van der Waals surface area contributed by atoms with Crippen molar-refractivity contribution >= 4 is 28.8 Å². The van der Waals surface area contributed by atoms with Crippen LogP contribution in [0, 0.1) is 10.1 Å². The van der Waals surface area contributed by atoms with Crippen molar-refractivity contribution in [2.45, 2.75) is 6.54 Å². The topological polar surface area (TPSA) is 85.3 Å². The van der Waals surface area contributed by atoms with Crippen LogP contribution in [0.4, 0.5) is 17.2 Å². The van der Waals surface area contributed by atoms with Crippen molar-refractivity contribution in [3.63, 3.8) is 0 Å². The third kappa shape index (κ3) is 2.80. The summed E-state index contributed by atoms with van der Waals surface area (Å²) in [6, 6.07) is 9.57. The van der Waals surface area contributed by atoms with Crippen LogP contribution < -0.4 is 10.6 Å². The van der Waals surface area contributed by atoms with Gasteiger partial charge in [0.15, 0.2) is 0 Å². The molecule has 0 saturated carbocycles. The summed E-state index contributed by atoms with van der Waals surface area (Å²) in [6.45, 7) is 0.477. The summed E-state index contributed by atoms with van der Waals surface area (Å²) in [7, 11) is 1.72. The summed E-state index contributed by atoms with van der Waals surface area (Å²) < 4.78 is 0. The molecule has 0 saturated heterocycles. The average Bonchev–Trinajstić information content (AvgIpc) is 2.41. The molecule has 6 nitrogen and oxygen atoms in total. The molecule has 0 bridgehead atoms. The van der Waals surface area contributed by atoms with E-state index in [-0.39, 0.29) is 22.2 Å². The van der Waals surface area contributed by atoms with Crippen LogP contribution in [0.1, 0.15) is 5.56 Å². The highest BCUT2D eigenvalue weighted by Crippen LogP contribution is 2.38. The number of nitrogens with zero attached hydrogens (tertiary/aromatic N) is 3. The lowest BCUT2D eigenvalue weighted by Crippen LogP contribution is -2.19. The average molecular weight is 293 g/mol. The fraction of sp³-hybridized carbons (Fsp3) is 0.154. The van der Waals surface area contributed by atoms with Gasteiger partial charge in [-0.15, -0.1) is 0 Å². The Morgan fingerprint density at radius 3 is 2.65 bits per heavy atom. The van der Waals surface area contributed by atoms with Crippen LogP contribution >= 0.6 is 11.6 Å². The predicted octanol–water partition coefficient (Wildman–Crippen LogP) is 2.86. The molecule has 0 radical (unpaired) electrons. The normalized spacial score (nSPS) is 10.3. The SMILES string of the molecule is CN(Cc1ccccc1)c1c(Cl)cnc(N)c1[N+](=O)[O-]. The maximum absolute atomic E-state index is 11.2. The number of nitrogen functional groups attached to an aromatic ring is 1. The number of pyridine rings is 1. The van der Waals surface area contributed by atoms with E-state index < -0.39 is 4.92 Å². The van der Waals surface area contributed by atoms with Gasteiger partial charge in [-0.2, -0.15) is 0 Å². The Labute approximate surface area is 120 Å². The fourth-order valence-electron chi connectivity index (χ4n) is 1.96. The Bertz CT molecular complexity index is 634. The first-order valence-corrected chi connectivity index (χ1v) is 6.22. The summed E-state index contributed by atoms with van der Waals surface area (Å²) in [4.78, 5) is 16.0. The van der Waals surface area contributed by atoms with Crippen molar-refractivity contribution in [2.24, 2.45) is 0 Å². The lowest BCUT2D eigenvalue weighted by Gasteiger charge is -2.20. The van der Waals surface area contributed by atoms with Gasteiger partial charge >= 0.3 is 5.69 Å². The molecular formula is C13H13ClN4O2. The second kappa shape index (κ2) is 5.75. The summed E-state index contributed by atoms with van der Waals surface area (Å²) in [5, 5.41) is 11.4. The first-order valence-electron chi connectivity index (χ1n) is 5.84. The highest BCUT2D eigenvalue weighted by atomic mass is 35.5. The summed E-state index contributed by atoms with van der Waals surface area (Å²) in [5.74, 6) is -0.144. The number of aromatic nitrogens is 1. The number of hydrogen-bond donors (Lipinski definition) is 1. The number of rotatable bonds is 4. The van der Waals surface area contributed by atoms with E-state index in [0.29, 0.717) is 6.54 Å².